The van der Waals surface area contributed by atoms with Crippen LogP contribution in [0.2, 0.25) is 0 Å². The SMILES string of the molecule is CCOCCN1CC[C@H](c2ncc(C)[nH]2)C1. The average molecular weight is 223 g/mol. The van der Waals surface area contributed by atoms with Crippen molar-refractivity contribution in [1.82, 2.24) is 14.9 Å². The van der Waals surface area contributed by atoms with E-state index in [0.29, 0.717) is 5.92 Å². The molecule has 4 nitrogen and oxygen atoms in total. The zero-order valence-electron chi connectivity index (χ0n) is 10.2. The lowest BCUT2D eigenvalue weighted by atomic mass is 10.1. The fourth-order valence-corrected chi connectivity index (χ4v) is 2.24. The summed E-state index contributed by atoms with van der Waals surface area (Å²) in [6.45, 7) is 9.08. The van der Waals surface area contributed by atoms with Crippen molar-refractivity contribution in [3.8, 4) is 0 Å². The molecule has 1 N–H and O–H groups in total. The molecule has 2 rings (SSSR count). The van der Waals surface area contributed by atoms with Gasteiger partial charge in [0.25, 0.3) is 0 Å². The van der Waals surface area contributed by atoms with Crippen LogP contribution in [0.4, 0.5) is 0 Å². The van der Waals surface area contributed by atoms with Gasteiger partial charge < -0.3 is 14.6 Å². The second-order valence-corrected chi connectivity index (χ2v) is 4.43. The van der Waals surface area contributed by atoms with Crippen LogP contribution in [0.25, 0.3) is 0 Å². The molecule has 1 aromatic rings. The van der Waals surface area contributed by atoms with E-state index in [0.717, 1.165) is 44.4 Å². The third kappa shape index (κ3) is 2.83. The second kappa shape index (κ2) is 5.46. The highest BCUT2D eigenvalue weighted by atomic mass is 16.5. The Labute approximate surface area is 97.0 Å². The predicted octanol–water partition coefficient (Wildman–Crippen LogP) is 1.54. The first-order valence-electron chi connectivity index (χ1n) is 6.11. The number of aromatic amines is 1. The molecular formula is C12H21N3O. The fourth-order valence-electron chi connectivity index (χ4n) is 2.24. The quantitative estimate of drug-likeness (QED) is 0.770. The summed E-state index contributed by atoms with van der Waals surface area (Å²) < 4.78 is 5.38. The molecule has 0 saturated carbocycles. The molecule has 1 saturated heterocycles. The Hall–Kier alpha value is -0.870. The summed E-state index contributed by atoms with van der Waals surface area (Å²) >= 11 is 0. The van der Waals surface area contributed by atoms with Crippen molar-refractivity contribution in [3.05, 3.63) is 17.7 Å². The molecule has 4 heteroatoms. The minimum atomic E-state index is 0.579. The summed E-state index contributed by atoms with van der Waals surface area (Å²) in [6.07, 6.45) is 3.12. The van der Waals surface area contributed by atoms with Crippen LogP contribution in [-0.2, 0) is 4.74 Å². The van der Waals surface area contributed by atoms with E-state index in [1.54, 1.807) is 0 Å². The highest BCUT2D eigenvalue weighted by molar-refractivity contribution is 5.06. The van der Waals surface area contributed by atoms with Crippen molar-refractivity contribution in [1.29, 1.82) is 0 Å². The van der Waals surface area contributed by atoms with Crippen molar-refractivity contribution in [2.75, 3.05) is 32.8 Å². The molecule has 0 radical (unpaired) electrons. The molecule has 90 valence electrons. The van der Waals surface area contributed by atoms with Gasteiger partial charge >= 0.3 is 0 Å². The fraction of sp³-hybridized carbons (Fsp3) is 0.750. The summed E-state index contributed by atoms with van der Waals surface area (Å²) in [5.74, 6) is 1.73. The molecule has 16 heavy (non-hydrogen) atoms. The molecule has 1 aromatic heterocycles. The summed E-state index contributed by atoms with van der Waals surface area (Å²) in [7, 11) is 0. The normalized spacial score (nSPS) is 21.8. The third-order valence-electron chi connectivity index (χ3n) is 3.14. The number of aromatic nitrogens is 2. The lowest BCUT2D eigenvalue weighted by Gasteiger charge is -2.14. The number of rotatable bonds is 5. The Bertz CT molecular complexity index is 324. The zero-order chi connectivity index (χ0) is 11.4. The maximum Gasteiger partial charge on any atom is 0.110 e. The number of hydrogen-bond acceptors (Lipinski definition) is 3. The molecule has 0 unspecified atom stereocenters. The summed E-state index contributed by atoms with van der Waals surface area (Å²) in [5, 5.41) is 0. The Morgan fingerprint density at radius 1 is 1.62 bits per heavy atom. The van der Waals surface area contributed by atoms with Gasteiger partial charge in [-0.2, -0.15) is 0 Å². The van der Waals surface area contributed by atoms with E-state index in [9.17, 15) is 0 Å². The largest absolute Gasteiger partial charge is 0.380 e. The summed E-state index contributed by atoms with van der Waals surface area (Å²) in [6, 6.07) is 0. The van der Waals surface area contributed by atoms with Crippen LogP contribution in [0.3, 0.4) is 0 Å². The van der Waals surface area contributed by atoms with E-state index in [4.69, 9.17) is 4.74 Å². The van der Waals surface area contributed by atoms with Crippen molar-refractivity contribution < 1.29 is 4.74 Å². The second-order valence-electron chi connectivity index (χ2n) is 4.43. The van der Waals surface area contributed by atoms with Gasteiger partial charge in [-0.15, -0.1) is 0 Å². The van der Waals surface area contributed by atoms with Crippen LogP contribution in [-0.4, -0.2) is 47.7 Å². The molecule has 1 aliphatic heterocycles. The van der Waals surface area contributed by atoms with Crippen LogP contribution in [0.5, 0.6) is 0 Å². The highest BCUT2D eigenvalue weighted by Gasteiger charge is 2.25. The zero-order valence-corrected chi connectivity index (χ0v) is 10.2. The van der Waals surface area contributed by atoms with Crippen molar-refractivity contribution >= 4 is 0 Å². The number of ether oxygens (including phenoxy) is 1. The predicted molar refractivity (Wildman–Crippen MR) is 63.6 cm³/mol. The highest BCUT2D eigenvalue weighted by Crippen LogP contribution is 2.24. The van der Waals surface area contributed by atoms with Crippen molar-refractivity contribution in [3.63, 3.8) is 0 Å². The van der Waals surface area contributed by atoms with E-state index < -0.39 is 0 Å². The van der Waals surface area contributed by atoms with E-state index >= 15 is 0 Å². The molecule has 0 aliphatic carbocycles. The number of hydrogen-bond donors (Lipinski definition) is 1. The average Bonchev–Trinajstić information content (AvgIpc) is 2.87. The van der Waals surface area contributed by atoms with Crippen LogP contribution >= 0.6 is 0 Å². The molecule has 0 bridgehead atoms. The minimum Gasteiger partial charge on any atom is -0.380 e. The number of nitrogens with one attached hydrogen (secondary N) is 1. The molecule has 0 spiro atoms. The van der Waals surface area contributed by atoms with Crippen LogP contribution in [0, 0.1) is 6.92 Å². The van der Waals surface area contributed by atoms with Gasteiger partial charge in [0.05, 0.1) is 6.61 Å². The third-order valence-corrected chi connectivity index (χ3v) is 3.14. The van der Waals surface area contributed by atoms with E-state index in [-0.39, 0.29) is 0 Å². The number of H-pyrrole nitrogens is 1. The Morgan fingerprint density at radius 2 is 2.50 bits per heavy atom. The van der Waals surface area contributed by atoms with Gasteiger partial charge in [0.15, 0.2) is 0 Å². The van der Waals surface area contributed by atoms with Gasteiger partial charge in [0.1, 0.15) is 5.82 Å². The van der Waals surface area contributed by atoms with Gasteiger partial charge in [-0.05, 0) is 26.8 Å². The Kier molecular flexibility index (Phi) is 3.96. The van der Waals surface area contributed by atoms with Gasteiger partial charge in [0, 0.05) is 37.5 Å². The lowest BCUT2D eigenvalue weighted by molar-refractivity contribution is 0.121. The molecule has 1 aliphatic rings. The van der Waals surface area contributed by atoms with Gasteiger partial charge in [-0.3, -0.25) is 0 Å². The van der Waals surface area contributed by atoms with Crippen molar-refractivity contribution in [2.45, 2.75) is 26.2 Å². The molecule has 0 aromatic carbocycles. The Balaban J connectivity index is 1.79. The first-order chi connectivity index (χ1) is 7.79. The molecule has 1 atom stereocenters. The number of imidazole rings is 1. The van der Waals surface area contributed by atoms with Gasteiger partial charge in [-0.1, -0.05) is 0 Å². The smallest absolute Gasteiger partial charge is 0.110 e. The molecule has 1 fully saturated rings. The topological polar surface area (TPSA) is 41.1 Å². The van der Waals surface area contributed by atoms with Crippen LogP contribution in [0.1, 0.15) is 30.8 Å². The van der Waals surface area contributed by atoms with Gasteiger partial charge in [-0.25, -0.2) is 4.98 Å². The van der Waals surface area contributed by atoms with Crippen LogP contribution in [0.15, 0.2) is 6.20 Å². The number of aryl methyl sites for hydroxylation is 1. The molecule has 0 amide bonds. The molecular weight excluding hydrogens is 202 g/mol. The van der Waals surface area contributed by atoms with Crippen molar-refractivity contribution in [2.24, 2.45) is 0 Å². The first-order valence-corrected chi connectivity index (χ1v) is 6.11. The first kappa shape index (κ1) is 11.6. The van der Waals surface area contributed by atoms with E-state index in [1.807, 2.05) is 13.1 Å². The maximum absolute atomic E-state index is 5.38. The van der Waals surface area contributed by atoms with Crippen LogP contribution < -0.4 is 0 Å². The van der Waals surface area contributed by atoms with E-state index in [2.05, 4.69) is 21.8 Å². The number of nitrogens with zero attached hydrogens (tertiary/aromatic N) is 2. The minimum absolute atomic E-state index is 0.579. The summed E-state index contributed by atoms with van der Waals surface area (Å²) in [4.78, 5) is 10.2. The molecule has 2 heterocycles. The van der Waals surface area contributed by atoms with Gasteiger partial charge in [0.2, 0.25) is 0 Å². The monoisotopic (exact) mass is 223 g/mol. The van der Waals surface area contributed by atoms with E-state index in [1.165, 1.54) is 6.42 Å². The standard InChI is InChI=1S/C12H21N3O/c1-3-16-7-6-15-5-4-11(9-15)12-13-8-10(2)14-12/h8,11H,3-7,9H2,1-2H3,(H,13,14)/t11-/m0/s1. The number of likely N-dealkylation sites (tertiary alicyclic amines) is 1. The summed E-state index contributed by atoms with van der Waals surface area (Å²) in [5.41, 5.74) is 1.16. The lowest BCUT2D eigenvalue weighted by Crippen LogP contribution is -2.25. The maximum atomic E-state index is 5.38. The Morgan fingerprint density at radius 3 is 3.19 bits per heavy atom.